The monoisotopic (exact) mass is 357 g/mol. The minimum atomic E-state index is -0.862. The zero-order valence-corrected chi connectivity index (χ0v) is 16.2. The number of hydrogen-bond donors (Lipinski definition) is 2. The van der Waals surface area contributed by atoms with Crippen molar-refractivity contribution in [2.75, 3.05) is 26.2 Å². The SMILES string of the molecule is CCCc1cc(C(=O)O)cc(CCC)c1OCC[NH+](CC)CC.[Cl-]. The number of quaternary nitrogens is 1. The van der Waals surface area contributed by atoms with Crippen molar-refractivity contribution in [2.24, 2.45) is 0 Å². The van der Waals surface area contributed by atoms with Crippen molar-refractivity contribution in [3.8, 4) is 5.75 Å². The molecular weight excluding hydrogens is 326 g/mol. The molecule has 0 aromatic heterocycles. The summed E-state index contributed by atoms with van der Waals surface area (Å²) in [5.41, 5.74) is 2.44. The first-order valence-electron chi connectivity index (χ1n) is 8.92. The molecule has 138 valence electrons. The van der Waals surface area contributed by atoms with E-state index >= 15 is 0 Å². The first-order chi connectivity index (χ1) is 11.1. The van der Waals surface area contributed by atoms with Crippen LogP contribution in [-0.4, -0.2) is 37.3 Å². The molecule has 0 saturated carbocycles. The molecule has 0 aliphatic heterocycles. The number of carboxylic acid groups (broad SMARTS) is 1. The van der Waals surface area contributed by atoms with E-state index < -0.39 is 5.97 Å². The van der Waals surface area contributed by atoms with Crippen LogP contribution in [0.2, 0.25) is 0 Å². The molecule has 24 heavy (non-hydrogen) atoms. The summed E-state index contributed by atoms with van der Waals surface area (Å²) < 4.78 is 6.13. The Morgan fingerprint density at radius 3 is 1.92 bits per heavy atom. The Hall–Kier alpha value is -1.26. The first kappa shape index (κ1) is 22.7. The van der Waals surface area contributed by atoms with Gasteiger partial charge in [0.25, 0.3) is 0 Å². The lowest BCUT2D eigenvalue weighted by Gasteiger charge is -2.19. The zero-order valence-electron chi connectivity index (χ0n) is 15.5. The fraction of sp³-hybridized carbons (Fsp3) is 0.632. The second kappa shape index (κ2) is 12.2. The van der Waals surface area contributed by atoms with Crippen LogP contribution in [0.1, 0.15) is 62.0 Å². The van der Waals surface area contributed by atoms with E-state index in [2.05, 4.69) is 27.7 Å². The fourth-order valence-corrected chi connectivity index (χ4v) is 2.87. The Morgan fingerprint density at radius 2 is 1.54 bits per heavy atom. The standard InChI is InChI=1S/C19H31NO3.ClH/c1-5-9-15-13-17(19(21)22)14-16(10-6-2)18(15)23-12-11-20(7-3)8-4;/h13-14H,5-12H2,1-4H3,(H,21,22);1H. The van der Waals surface area contributed by atoms with Crippen molar-refractivity contribution in [3.05, 3.63) is 28.8 Å². The van der Waals surface area contributed by atoms with Crippen molar-refractivity contribution >= 4 is 5.97 Å². The average Bonchev–Trinajstić information content (AvgIpc) is 2.53. The number of aryl methyl sites for hydroxylation is 2. The van der Waals surface area contributed by atoms with Gasteiger partial charge in [-0.2, -0.15) is 0 Å². The normalized spacial score (nSPS) is 10.5. The van der Waals surface area contributed by atoms with Gasteiger partial charge in [0.2, 0.25) is 0 Å². The summed E-state index contributed by atoms with van der Waals surface area (Å²) in [7, 11) is 0. The van der Waals surface area contributed by atoms with Gasteiger partial charge >= 0.3 is 5.97 Å². The Morgan fingerprint density at radius 1 is 1.04 bits per heavy atom. The molecule has 4 nitrogen and oxygen atoms in total. The summed E-state index contributed by atoms with van der Waals surface area (Å²) in [4.78, 5) is 12.9. The number of benzene rings is 1. The van der Waals surface area contributed by atoms with E-state index in [1.807, 2.05) is 0 Å². The summed E-state index contributed by atoms with van der Waals surface area (Å²) in [6, 6.07) is 3.56. The Balaban J connectivity index is 0.00000529. The number of carbonyl (C=O) groups is 1. The average molecular weight is 358 g/mol. The number of halogens is 1. The number of ether oxygens (including phenoxy) is 1. The van der Waals surface area contributed by atoms with Crippen molar-refractivity contribution in [3.63, 3.8) is 0 Å². The molecule has 1 rings (SSSR count). The molecule has 1 aromatic rings. The van der Waals surface area contributed by atoms with Gasteiger partial charge in [0.15, 0.2) is 0 Å². The third-order valence-electron chi connectivity index (χ3n) is 4.23. The lowest BCUT2D eigenvalue weighted by Crippen LogP contribution is -3.12. The highest BCUT2D eigenvalue weighted by atomic mass is 35.5. The van der Waals surface area contributed by atoms with Gasteiger partial charge in [-0.3, -0.25) is 0 Å². The molecule has 1 aromatic carbocycles. The Kier molecular flexibility index (Phi) is 11.5. The highest BCUT2D eigenvalue weighted by Crippen LogP contribution is 2.28. The van der Waals surface area contributed by atoms with Gasteiger partial charge in [-0.1, -0.05) is 26.7 Å². The molecular formula is C19H32ClNO3. The van der Waals surface area contributed by atoms with E-state index in [0.29, 0.717) is 12.2 Å². The van der Waals surface area contributed by atoms with Gasteiger partial charge in [-0.05, 0) is 49.9 Å². The molecule has 0 amide bonds. The van der Waals surface area contributed by atoms with Crippen molar-refractivity contribution in [1.29, 1.82) is 0 Å². The Bertz CT molecular complexity index is 474. The number of hydrogen-bond acceptors (Lipinski definition) is 2. The molecule has 0 aliphatic rings. The van der Waals surface area contributed by atoms with E-state index in [1.54, 1.807) is 12.1 Å². The summed E-state index contributed by atoms with van der Waals surface area (Å²) in [6.45, 7) is 12.4. The second-order valence-corrected chi connectivity index (χ2v) is 5.98. The van der Waals surface area contributed by atoms with Gasteiger partial charge in [0, 0.05) is 0 Å². The molecule has 0 unspecified atom stereocenters. The number of likely N-dealkylation sites (N-methyl/N-ethyl adjacent to an activating group) is 1. The van der Waals surface area contributed by atoms with Gasteiger partial charge in [-0.15, -0.1) is 0 Å². The number of rotatable bonds is 11. The highest BCUT2D eigenvalue weighted by Gasteiger charge is 2.15. The van der Waals surface area contributed by atoms with Gasteiger partial charge in [0.1, 0.15) is 18.9 Å². The van der Waals surface area contributed by atoms with Gasteiger partial charge < -0.3 is 27.2 Å². The summed E-state index contributed by atoms with van der Waals surface area (Å²) in [5, 5.41) is 9.33. The molecule has 0 atom stereocenters. The van der Waals surface area contributed by atoms with Crippen LogP contribution in [0.3, 0.4) is 0 Å². The maximum absolute atomic E-state index is 11.4. The van der Waals surface area contributed by atoms with Crippen LogP contribution < -0.4 is 22.0 Å². The maximum atomic E-state index is 11.4. The molecule has 0 saturated heterocycles. The molecule has 0 bridgehead atoms. The van der Waals surface area contributed by atoms with Crippen LogP contribution >= 0.6 is 0 Å². The predicted octanol–water partition coefficient (Wildman–Crippen LogP) is -0.403. The van der Waals surface area contributed by atoms with Crippen LogP contribution in [-0.2, 0) is 12.8 Å². The van der Waals surface area contributed by atoms with E-state index in [4.69, 9.17) is 4.74 Å². The van der Waals surface area contributed by atoms with Crippen LogP contribution in [0, 0.1) is 0 Å². The van der Waals surface area contributed by atoms with Crippen LogP contribution in [0.25, 0.3) is 0 Å². The molecule has 0 heterocycles. The lowest BCUT2D eigenvalue weighted by molar-refractivity contribution is -0.896. The van der Waals surface area contributed by atoms with E-state index in [9.17, 15) is 9.90 Å². The van der Waals surface area contributed by atoms with Crippen LogP contribution in [0.4, 0.5) is 0 Å². The third-order valence-corrected chi connectivity index (χ3v) is 4.23. The maximum Gasteiger partial charge on any atom is 0.335 e. The molecule has 5 heteroatoms. The molecule has 0 spiro atoms. The van der Waals surface area contributed by atoms with E-state index in [0.717, 1.165) is 62.2 Å². The number of aromatic carboxylic acids is 1. The van der Waals surface area contributed by atoms with Crippen molar-refractivity contribution in [2.45, 2.75) is 53.4 Å². The molecule has 0 fully saturated rings. The first-order valence-corrected chi connectivity index (χ1v) is 8.92. The number of carboxylic acids is 1. The van der Waals surface area contributed by atoms with Gasteiger partial charge in [0.05, 0.1) is 18.7 Å². The highest BCUT2D eigenvalue weighted by molar-refractivity contribution is 5.88. The lowest BCUT2D eigenvalue weighted by atomic mass is 9.98. The fourth-order valence-electron chi connectivity index (χ4n) is 2.87. The zero-order chi connectivity index (χ0) is 17.2. The number of nitrogens with one attached hydrogen (secondary N) is 1. The Labute approximate surface area is 152 Å². The summed E-state index contributed by atoms with van der Waals surface area (Å²) >= 11 is 0. The van der Waals surface area contributed by atoms with Crippen molar-refractivity contribution in [1.82, 2.24) is 0 Å². The minimum Gasteiger partial charge on any atom is -1.00 e. The summed E-state index contributed by atoms with van der Waals surface area (Å²) in [6.07, 6.45) is 3.66. The summed E-state index contributed by atoms with van der Waals surface area (Å²) in [5.74, 6) is 0.0593. The predicted molar refractivity (Wildman–Crippen MR) is 93.8 cm³/mol. The molecule has 0 radical (unpaired) electrons. The third kappa shape index (κ3) is 6.70. The second-order valence-electron chi connectivity index (χ2n) is 5.98. The topological polar surface area (TPSA) is 51.0 Å². The van der Waals surface area contributed by atoms with Crippen LogP contribution in [0.5, 0.6) is 5.75 Å². The quantitative estimate of drug-likeness (QED) is 0.566. The smallest absolute Gasteiger partial charge is 0.335 e. The van der Waals surface area contributed by atoms with E-state index in [1.165, 1.54) is 4.90 Å². The van der Waals surface area contributed by atoms with Crippen LogP contribution in [0.15, 0.2) is 12.1 Å². The largest absolute Gasteiger partial charge is 1.00 e. The van der Waals surface area contributed by atoms with Gasteiger partial charge in [-0.25, -0.2) is 4.79 Å². The van der Waals surface area contributed by atoms with Crippen molar-refractivity contribution < 1.29 is 31.9 Å². The molecule has 2 N–H and O–H groups in total. The molecule has 0 aliphatic carbocycles. The minimum absolute atomic E-state index is 0. The van der Waals surface area contributed by atoms with E-state index in [-0.39, 0.29) is 12.4 Å².